The van der Waals surface area contributed by atoms with Gasteiger partial charge in [-0.3, -0.25) is 0 Å². The molecular formula is C11H12ClF4NO2. The minimum Gasteiger partial charge on any atom is -0.462 e. The topological polar surface area (TPSA) is 52.3 Å². The third-order valence-corrected chi connectivity index (χ3v) is 2.24. The summed E-state index contributed by atoms with van der Waals surface area (Å²) in [6, 6.07) is -0.282. The molecule has 108 valence electrons. The highest BCUT2D eigenvalue weighted by Gasteiger charge is 2.48. The van der Waals surface area contributed by atoms with E-state index in [1.807, 2.05) is 0 Å². The molecule has 3 nitrogen and oxygen atoms in total. The minimum absolute atomic E-state index is 0. The monoisotopic (exact) mass is 301 g/mol. The molecule has 0 bridgehead atoms. The van der Waals surface area contributed by atoms with Crippen molar-refractivity contribution in [1.82, 2.24) is 0 Å². The van der Waals surface area contributed by atoms with E-state index in [-0.39, 0.29) is 19.0 Å². The number of carbonyl (C=O) groups excluding carboxylic acids is 1. The van der Waals surface area contributed by atoms with Crippen molar-refractivity contribution in [3.05, 3.63) is 35.4 Å². The van der Waals surface area contributed by atoms with Gasteiger partial charge in [0, 0.05) is 11.6 Å². The Hall–Kier alpha value is -1.34. The Bertz CT molecular complexity index is 456. The lowest BCUT2D eigenvalue weighted by Crippen LogP contribution is -2.42. The normalized spacial score (nSPS) is 12.5. The van der Waals surface area contributed by atoms with Crippen LogP contribution in [0.5, 0.6) is 0 Å². The van der Waals surface area contributed by atoms with E-state index in [0.29, 0.717) is 6.07 Å². The maximum atomic E-state index is 13.5. The van der Waals surface area contributed by atoms with Crippen molar-refractivity contribution < 1.29 is 27.1 Å². The fraction of sp³-hybridized carbons (Fsp3) is 0.364. The maximum absolute atomic E-state index is 13.5. The molecule has 0 unspecified atom stereocenters. The molecule has 1 atom stereocenters. The van der Waals surface area contributed by atoms with Gasteiger partial charge in [0.1, 0.15) is 17.7 Å². The van der Waals surface area contributed by atoms with E-state index >= 15 is 0 Å². The van der Waals surface area contributed by atoms with Crippen molar-refractivity contribution in [2.24, 2.45) is 5.73 Å². The van der Waals surface area contributed by atoms with Gasteiger partial charge in [0.15, 0.2) is 0 Å². The van der Waals surface area contributed by atoms with E-state index < -0.39 is 35.1 Å². The second-order valence-electron chi connectivity index (χ2n) is 3.49. The lowest BCUT2D eigenvalue weighted by Gasteiger charge is -2.22. The molecule has 0 radical (unpaired) electrons. The smallest absolute Gasteiger partial charge is 0.379 e. The van der Waals surface area contributed by atoms with Gasteiger partial charge < -0.3 is 10.5 Å². The molecule has 1 aromatic rings. The fourth-order valence-corrected chi connectivity index (χ4v) is 1.30. The van der Waals surface area contributed by atoms with Crippen LogP contribution in [0.1, 0.15) is 18.5 Å². The number of benzene rings is 1. The molecule has 0 fully saturated rings. The van der Waals surface area contributed by atoms with Crippen LogP contribution in [0.4, 0.5) is 17.6 Å². The van der Waals surface area contributed by atoms with E-state index in [1.165, 1.54) is 6.92 Å². The summed E-state index contributed by atoms with van der Waals surface area (Å²) in [7, 11) is 0. The zero-order valence-corrected chi connectivity index (χ0v) is 10.6. The van der Waals surface area contributed by atoms with Crippen molar-refractivity contribution in [2.45, 2.75) is 18.9 Å². The Morgan fingerprint density at radius 2 is 2.00 bits per heavy atom. The summed E-state index contributed by atoms with van der Waals surface area (Å²) in [5, 5.41) is 0. The second-order valence-corrected chi connectivity index (χ2v) is 3.49. The molecule has 0 saturated carbocycles. The molecule has 0 spiro atoms. The number of rotatable bonds is 4. The number of hydrogen-bond acceptors (Lipinski definition) is 3. The van der Waals surface area contributed by atoms with Crippen molar-refractivity contribution in [1.29, 1.82) is 0 Å². The van der Waals surface area contributed by atoms with Gasteiger partial charge in [0.05, 0.1) is 6.61 Å². The third kappa shape index (κ3) is 3.81. The molecule has 0 aromatic heterocycles. The Balaban J connectivity index is 0.00000324. The molecule has 0 heterocycles. The van der Waals surface area contributed by atoms with Crippen LogP contribution in [-0.2, 0) is 9.53 Å². The van der Waals surface area contributed by atoms with Gasteiger partial charge in [-0.1, -0.05) is 6.07 Å². The summed E-state index contributed by atoms with van der Waals surface area (Å²) in [4.78, 5) is 11.0. The summed E-state index contributed by atoms with van der Waals surface area (Å²) >= 11 is 0. The van der Waals surface area contributed by atoms with Crippen LogP contribution < -0.4 is 5.73 Å². The highest BCUT2D eigenvalue weighted by Crippen LogP contribution is 2.32. The van der Waals surface area contributed by atoms with Gasteiger partial charge in [-0.25, -0.2) is 13.6 Å². The second kappa shape index (κ2) is 6.72. The molecule has 0 saturated heterocycles. The van der Waals surface area contributed by atoms with Gasteiger partial charge in [0.25, 0.3) is 0 Å². The van der Waals surface area contributed by atoms with E-state index in [2.05, 4.69) is 4.74 Å². The molecule has 8 heteroatoms. The van der Waals surface area contributed by atoms with Crippen LogP contribution in [0.25, 0.3) is 0 Å². The number of esters is 1. The first kappa shape index (κ1) is 17.7. The summed E-state index contributed by atoms with van der Waals surface area (Å²) in [6.45, 7) is 1.09. The van der Waals surface area contributed by atoms with Crippen LogP contribution >= 0.6 is 12.4 Å². The predicted molar refractivity (Wildman–Crippen MR) is 62.1 cm³/mol. The lowest BCUT2D eigenvalue weighted by molar-refractivity contribution is -0.174. The van der Waals surface area contributed by atoms with Crippen LogP contribution in [0.15, 0.2) is 18.2 Å². The molecule has 0 aliphatic carbocycles. The summed E-state index contributed by atoms with van der Waals surface area (Å²) in [5.41, 5.74) is 4.48. The predicted octanol–water partition coefficient (Wildman–Crippen LogP) is 2.58. The Labute approximate surface area is 113 Å². The average molecular weight is 302 g/mol. The van der Waals surface area contributed by atoms with Crippen LogP contribution in [0, 0.1) is 11.6 Å². The molecular weight excluding hydrogens is 290 g/mol. The molecule has 2 N–H and O–H groups in total. The Morgan fingerprint density at radius 1 is 1.42 bits per heavy atom. The van der Waals surface area contributed by atoms with Crippen molar-refractivity contribution in [3.8, 4) is 0 Å². The van der Waals surface area contributed by atoms with Crippen LogP contribution in [0.2, 0.25) is 0 Å². The number of carbonyl (C=O) groups is 1. The lowest BCUT2D eigenvalue weighted by atomic mass is 10.0. The van der Waals surface area contributed by atoms with E-state index in [9.17, 15) is 22.4 Å². The van der Waals surface area contributed by atoms with E-state index in [4.69, 9.17) is 5.73 Å². The number of nitrogens with two attached hydrogens (primary N) is 1. The molecule has 19 heavy (non-hydrogen) atoms. The number of alkyl halides is 2. The Morgan fingerprint density at radius 3 is 2.47 bits per heavy atom. The molecule has 1 aromatic carbocycles. The van der Waals surface area contributed by atoms with Crippen molar-refractivity contribution in [3.63, 3.8) is 0 Å². The van der Waals surface area contributed by atoms with Gasteiger partial charge in [-0.15, -0.1) is 12.4 Å². The molecule has 0 aliphatic heterocycles. The van der Waals surface area contributed by atoms with Gasteiger partial charge in [-0.05, 0) is 13.0 Å². The largest absolute Gasteiger partial charge is 0.462 e. The number of ether oxygens (including phenoxy) is 1. The fourth-order valence-electron chi connectivity index (χ4n) is 1.30. The van der Waals surface area contributed by atoms with Crippen LogP contribution in [-0.4, -0.2) is 18.5 Å². The van der Waals surface area contributed by atoms with E-state index in [1.54, 1.807) is 0 Å². The first-order valence-electron chi connectivity index (χ1n) is 5.06. The maximum Gasteiger partial charge on any atom is 0.379 e. The third-order valence-electron chi connectivity index (χ3n) is 2.24. The summed E-state index contributed by atoms with van der Waals surface area (Å²) < 4.78 is 57.1. The first-order valence-corrected chi connectivity index (χ1v) is 5.06. The van der Waals surface area contributed by atoms with Gasteiger partial charge in [-0.2, -0.15) is 8.78 Å². The van der Waals surface area contributed by atoms with Gasteiger partial charge >= 0.3 is 11.9 Å². The zero-order chi connectivity index (χ0) is 13.9. The highest BCUT2D eigenvalue weighted by atomic mass is 35.5. The SMILES string of the molecule is CCOC(=O)C(F)(F)[C@H](N)c1ccc(F)cc1F.Cl. The number of hydrogen-bond donors (Lipinski definition) is 1. The average Bonchev–Trinajstić information content (AvgIpc) is 2.28. The van der Waals surface area contributed by atoms with Gasteiger partial charge in [0.2, 0.25) is 0 Å². The Kier molecular flexibility index (Phi) is 6.24. The van der Waals surface area contributed by atoms with Crippen LogP contribution in [0.3, 0.4) is 0 Å². The highest BCUT2D eigenvalue weighted by molar-refractivity contribution is 5.85. The van der Waals surface area contributed by atoms with E-state index in [0.717, 1.165) is 12.1 Å². The summed E-state index contributed by atoms with van der Waals surface area (Å²) in [5.74, 6) is -8.11. The number of halogens is 5. The zero-order valence-electron chi connectivity index (χ0n) is 9.83. The minimum atomic E-state index is -4.09. The molecule has 0 aliphatic rings. The molecule has 1 rings (SSSR count). The standard InChI is InChI=1S/C11H11F4NO2.ClH/c1-2-18-10(17)11(14,15)9(16)7-4-3-6(12)5-8(7)13;/h3-5,9H,2,16H2,1H3;1H/t9-;/m1./s1. The molecule has 0 amide bonds. The first-order chi connectivity index (χ1) is 8.30. The quantitative estimate of drug-likeness (QED) is 0.687. The van der Waals surface area contributed by atoms with Crippen molar-refractivity contribution >= 4 is 18.4 Å². The summed E-state index contributed by atoms with van der Waals surface area (Å²) in [6.07, 6.45) is 0. The van der Waals surface area contributed by atoms with Crippen molar-refractivity contribution in [2.75, 3.05) is 6.61 Å².